The molecule has 0 bridgehead atoms. The molecule has 0 saturated carbocycles. The fourth-order valence-electron chi connectivity index (χ4n) is 3.06. The smallest absolute Gasteiger partial charge is 0.247 e. The molecule has 1 aromatic carbocycles. The summed E-state index contributed by atoms with van der Waals surface area (Å²) < 4.78 is 0. The molecule has 1 fully saturated rings. The number of nitrogens with one attached hydrogen (secondary N) is 1. The van der Waals surface area contributed by atoms with Crippen LogP contribution in [0.15, 0.2) is 43.2 Å². The van der Waals surface area contributed by atoms with Gasteiger partial charge in [0.2, 0.25) is 11.9 Å². The van der Waals surface area contributed by atoms with Gasteiger partial charge >= 0.3 is 0 Å². The molecule has 3 N–H and O–H groups in total. The van der Waals surface area contributed by atoms with Gasteiger partial charge in [0, 0.05) is 24.2 Å². The van der Waals surface area contributed by atoms with Gasteiger partial charge in [-0.3, -0.25) is 4.79 Å². The number of nitrogens with zero attached hydrogens (tertiary/aromatic N) is 6. The van der Waals surface area contributed by atoms with Gasteiger partial charge in [0.1, 0.15) is 17.7 Å². The molecule has 3 aromatic rings. The minimum absolute atomic E-state index is 0.189. The molecule has 1 saturated heterocycles. The number of hydrogen-bond acceptors (Lipinski definition) is 8. The third-order valence-corrected chi connectivity index (χ3v) is 4.45. The molecular formula is C21H22N8O. The van der Waals surface area contributed by atoms with E-state index < -0.39 is 0 Å². The van der Waals surface area contributed by atoms with E-state index >= 15 is 0 Å². The summed E-state index contributed by atoms with van der Waals surface area (Å²) in [5, 5.41) is 12.0. The molecule has 1 aliphatic heterocycles. The van der Waals surface area contributed by atoms with E-state index in [-0.39, 0.29) is 11.9 Å². The van der Waals surface area contributed by atoms with E-state index in [1.165, 1.54) is 31.3 Å². The van der Waals surface area contributed by atoms with E-state index in [1.807, 2.05) is 31.2 Å². The monoisotopic (exact) mass is 402 g/mol. The molecule has 1 aliphatic rings. The van der Waals surface area contributed by atoms with E-state index in [9.17, 15) is 4.79 Å². The van der Waals surface area contributed by atoms with Crippen LogP contribution in [-0.2, 0) is 4.79 Å². The number of carbonyl (C=O) groups excluding carboxylic acids is 1. The second-order valence-corrected chi connectivity index (χ2v) is 6.66. The maximum absolute atomic E-state index is 11.4. The normalized spacial score (nSPS) is 12.6. The summed E-state index contributed by atoms with van der Waals surface area (Å²) in [5.74, 6) is 1.71. The van der Waals surface area contributed by atoms with Gasteiger partial charge in [0.25, 0.3) is 0 Å². The highest BCUT2D eigenvalue weighted by Crippen LogP contribution is 2.28. The SMILES string of the molecule is C=CC(=O)Nc1ccc2c(N3CCCC3)nc(C)nc2c1.N#Cc1cnc(N)nc1. The first-order valence-corrected chi connectivity index (χ1v) is 9.44. The van der Waals surface area contributed by atoms with Crippen molar-refractivity contribution in [2.75, 3.05) is 29.0 Å². The van der Waals surface area contributed by atoms with Crippen LogP contribution in [0.4, 0.5) is 17.5 Å². The summed E-state index contributed by atoms with van der Waals surface area (Å²) in [5.41, 5.74) is 7.14. The Morgan fingerprint density at radius 2 is 1.97 bits per heavy atom. The van der Waals surface area contributed by atoms with Gasteiger partial charge in [0.15, 0.2) is 0 Å². The molecule has 3 heterocycles. The zero-order valence-corrected chi connectivity index (χ0v) is 16.7. The molecule has 152 valence electrons. The summed E-state index contributed by atoms with van der Waals surface area (Å²) in [6, 6.07) is 7.60. The maximum Gasteiger partial charge on any atom is 0.247 e. The van der Waals surface area contributed by atoms with Crippen LogP contribution in [0.3, 0.4) is 0 Å². The second-order valence-electron chi connectivity index (χ2n) is 6.66. The summed E-state index contributed by atoms with van der Waals surface area (Å²) in [7, 11) is 0. The highest BCUT2D eigenvalue weighted by Gasteiger charge is 2.17. The molecule has 9 heteroatoms. The Morgan fingerprint density at radius 3 is 2.60 bits per heavy atom. The number of carbonyl (C=O) groups is 1. The molecule has 0 unspecified atom stereocenters. The van der Waals surface area contributed by atoms with Crippen molar-refractivity contribution >= 4 is 34.3 Å². The van der Waals surface area contributed by atoms with Crippen molar-refractivity contribution in [1.82, 2.24) is 19.9 Å². The first kappa shape index (κ1) is 20.7. The maximum atomic E-state index is 11.4. The Morgan fingerprint density at radius 1 is 1.27 bits per heavy atom. The van der Waals surface area contributed by atoms with Crippen molar-refractivity contribution in [3.05, 3.63) is 54.6 Å². The van der Waals surface area contributed by atoms with Crippen molar-refractivity contribution in [3.8, 4) is 6.07 Å². The standard InChI is InChI=1S/C16H18N4O.C5H4N4/c1-3-15(21)19-12-6-7-13-14(10-12)17-11(2)18-16(13)20-8-4-5-9-20;6-1-4-2-8-5(7)9-3-4/h3,6-7,10H,1,4-5,8-9H2,2H3,(H,19,21);2-3H,(H2,7,8,9). The first-order chi connectivity index (χ1) is 14.5. The molecule has 0 spiro atoms. The average Bonchev–Trinajstić information content (AvgIpc) is 3.28. The highest BCUT2D eigenvalue weighted by molar-refractivity contribution is 6.01. The lowest BCUT2D eigenvalue weighted by Gasteiger charge is -2.19. The molecule has 0 atom stereocenters. The number of nitriles is 1. The highest BCUT2D eigenvalue weighted by atomic mass is 16.1. The van der Waals surface area contributed by atoms with Crippen LogP contribution >= 0.6 is 0 Å². The van der Waals surface area contributed by atoms with E-state index in [1.54, 1.807) is 0 Å². The van der Waals surface area contributed by atoms with Crippen LogP contribution in [0.5, 0.6) is 0 Å². The summed E-state index contributed by atoms with van der Waals surface area (Å²) in [6.45, 7) is 7.44. The number of rotatable bonds is 3. The van der Waals surface area contributed by atoms with Crippen molar-refractivity contribution in [2.45, 2.75) is 19.8 Å². The van der Waals surface area contributed by atoms with E-state index in [2.05, 4.69) is 36.7 Å². The number of nitrogen functional groups attached to an aromatic ring is 1. The molecule has 0 radical (unpaired) electrons. The lowest BCUT2D eigenvalue weighted by Crippen LogP contribution is -2.20. The fourth-order valence-corrected chi connectivity index (χ4v) is 3.06. The third-order valence-electron chi connectivity index (χ3n) is 4.45. The number of amides is 1. The van der Waals surface area contributed by atoms with Crippen LogP contribution in [0.1, 0.15) is 24.2 Å². The number of anilines is 3. The number of fused-ring (bicyclic) bond motifs is 1. The first-order valence-electron chi connectivity index (χ1n) is 9.44. The zero-order valence-electron chi connectivity index (χ0n) is 16.7. The number of nitrogens with two attached hydrogens (primary N) is 1. The van der Waals surface area contributed by atoms with E-state index in [0.717, 1.165) is 41.3 Å². The Hall–Kier alpha value is -4.06. The molecular weight excluding hydrogens is 380 g/mol. The average molecular weight is 402 g/mol. The van der Waals surface area contributed by atoms with Crippen molar-refractivity contribution in [1.29, 1.82) is 5.26 Å². The van der Waals surface area contributed by atoms with Gasteiger partial charge in [-0.25, -0.2) is 19.9 Å². The third kappa shape index (κ3) is 5.05. The zero-order chi connectivity index (χ0) is 21.5. The molecule has 4 rings (SSSR count). The fraction of sp³-hybridized carbons (Fsp3) is 0.238. The van der Waals surface area contributed by atoms with Crippen molar-refractivity contribution in [3.63, 3.8) is 0 Å². The molecule has 2 aromatic heterocycles. The molecule has 30 heavy (non-hydrogen) atoms. The van der Waals surface area contributed by atoms with Crippen LogP contribution in [-0.4, -0.2) is 38.9 Å². The number of aryl methyl sites for hydroxylation is 1. The lowest BCUT2D eigenvalue weighted by molar-refractivity contribution is -0.111. The number of hydrogen-bond donors (Lipinski definition) is 2. The summed E-state index contributed by atoms with van der Waals surface area (Å²) >= 11 is 0. The minimum Gasteiger partial charge on any atom is -0.368 e. The minimum atomic E-state index is -0.222. The Balaban J connectivity index is 0.000000239. The van der Waals surface area contributed by atoms with Gasteiger partial charge in [-0.05, 0) is 44.0 Å². The molecule has 9 nitrogen and oxygen atoms in total. The Bertz CT molecular complexity index is 1100. The second kappa shape index (κ2) is 9.43. The van der Waals surface area contributed by atoms with Crippen molar-refractivity contribution < 1.29 is 4.79 Å². The largest absolute Gasteiger partial charge is 0.368 e. The van der Waals surface area contributed by atoms with Gasteiger partial charge in [0.05, 0.1) is 23.5 Å². The predicted octanol–water partition coefficient (Wildman–Crippen LogP) is 2.59. The van der Waals surface area contributed by atoms with Gasteiger partial charge in [-0.15, -0.1) is 0 Å². The van der Waals surface area contributed by atoms with Crippen molar-refractivity contribution in [2.24, 2.45) is 0 Å². The molecule has 1 amide bonds. The van der Waals surface area contributed by atoms with Crippen LogP contribution in [0.25, 0.3) is 10.9 Å². The number of aromatic nitrogens is 4. The summed E-state index contributed by atoms with van der Waals surface area (Å²) in [4.78, 5) is 30.0. The number of benzene rings is 1. The predicted molar refractivity (Wildman–Crippen MR) is 116 cm³/mol. The quantitative estimate of drug-likeness (QED) is 0.639. The lowest BCUT2D eigenvalue weighted by atomic mass is 10.2. The van der Waals surface area contributed by atoms with E-state index in [4.69, 9.17) is 11.0 Å². The molecule has 0 aliphatic carbocycles. The van der Waals surface area contributed by atoms with Crippen LogP contribution in [0.2, 0.25) is 0 Å². The Labute approximate surface area is 174 Å². The summed E-state index contributed by atoms with van der Waals surface area (Å²) in [6.07, 6.45) is 6.42. The van der Waals surface area contributed by atoms with Crippen LogP contribution < -0.4 is 16.0 Å². The Kier molecular flexibility index (Phi) is 6.49. The van der Waals surface area contributed by atoms with Gasteiger partial charge in [-0.2, -0.15) is 5.26 Å². The van der Waals surface area contributed by atoms with Gasteiger partial charge < -0.3 is 16.0 Å². The topological polar surface area (TPSA) is 134 Å². The van der Waals surface area contributed by atoms with E-state index in [0.29, 0.717) is 5.56 Å². The van der Waals surface area contributed by atoms with Crippen LogP contribution in [0, 0.1) is 18.3 Å². The van der Waals surface area contributed by atoms with Gasteiger partial charge in [-0.1, -0.05) is 6.58 Å².